The first kappa shape index (κ1) is 21.0. The lowest BCUT2D eigenvalue weighted by Gasteiger charge is -2.29. The van der Waals surface area contributed by atoms with Crippen molar-refractivity contribution in [3.8, 4) is 0 Å². The Balaban J connectivity index is 1.58. The molecule has 1 saturated carbocycles. The Labute approximate surface area is 170 Å². The Bertz CT molecular complexity index is 802. The molecule has 1 heterocycles. The summed E-state index contributed by atoms with van der Waals surface area (Å²) in [5.41, 5.74) is 0.977. The highest BCUT2D eigenvalue weighted by Crippen LogP contribution is 2.31. The van der Waals surface area contributed by atoms with Crippen LogP contribution >= 0.6 is 0 Å². The fourth-order valence-corrected chi connectivity index (χ4v) is 3.83. The standard InChI is InChI=1S/C21H27N3O5/c1-29-12-9-18(25)22-10-11-23-19(26)14-7-8-16-17(13-14)21(28)24(20(16)27)15-5-3-2-4-6-15/h7-8,13,15H,2-6,9-12H2,1H3,(H,22,25)(H,23,26). The van der Waals surface area contributed by atoms with Crippen LogP contribution in [0.4, 0.5) is 0 Å². The topological polar surface area (TPSA) is 105 Å². The maximum absolute atomic E-state index is 12.8. The van der Waals surface area contributed by atoms with E-state index in [1.165, 1.54) is 18.1 Å². The SMILES string of the molecule is COCCC(=O)NCCNC(=O)c1ccc2c(c1)C(=O)N(C1CCCCC1)C2=O. The summed E-state index contributed by atoms with van der Waals surface area (Å²) in [6.07, 6.45) is 5.13. The van der Waals surface area contributed by atoms with Gasteiger partial charge in [-0.15, -0.1) is 0 Å². The largest absolute Gasteiger partial charge is 0.384 e. The van der Waals surface area contributed by atoms with E-state index in [1.54, 1.807) is 12.1 Å². The second kappa shape index (κ2) is 9.65. The molecule has 8 heteroatoms. The van der Waals surface area contributed by atoms with Crippen LogP contribution in [0.2, 0.25) is 0 Å². The van der Waals surface area contributed by atoms with Crippen LogP contribution in [0, 0.1) is 0 Å². The van der Waals surface area contributed by atoms with E-state index >= 15 is 0 Å². The molecule has 1 aliphatic carbocycles. The lowest BCUT2D eigenvalue weighted by molar-refractivity contribution is -0.121. The Morgan fingerprint density at radius 1 is 1.03 bits per heavy atom. The number of imide groups is 1. The van der Waals surface area contributed by atoms with Gasteiger partial charge < -0.3 is 15.4 Å². The number of hydrogen-bond donors (Lipinski definition) is 2. The van der Waals surface area contributed by atoms with Crippen molar-refractivity contribution in [1.29, 1.82) is 0 Å². The summed E-state index contributed by atoms with van der Waals surface area (Å²) in [6.45, 7) is 0.903. The van der Waals surface area contributed by atoms with Gasteiger partial charge in [-0.2, -0.15) is 0 Å². The number of nitrogens with zero attached hydrogens (tertiary/aromatic N) is 1. The van der Waals surface area contributed by atoms with Crippen LogP contribution in [0.25, 0.3) is 0 Å². The Kier molecular flexibility index (Phi) is 6.98. The molecule has 3 rings (SSSR count). The van der Waals surface area contributed by atoms with Gasteiger partial charge in [-0.05, 0) is 31.0 Å². The first-order valence-corrected chi connectivity index (χ1v) is 10.1. The average molecular weight is 401 g/mol. The molecule has 4 amide bonds. The summed E-state index contributed by atoms with van der Waals surface area (Å²) >= 11 is 0. The van der Waals surface area contributed by atoms with E-state index in [4.69, 9.17) is 4.74 Å². The van der Waals surface area contributed by atoms with E-state index in [0.717, 1.165) is 32.1 Å². The van der Waals surface area contributed by atoms with Gasteiger partial charge in [-0.3, -0.25) is 24.1 Å². The minimum absolute atomic E-state index is 0.0462. The minimum Gasteiger partial charge on any atom is -0.384 e. The molecule has 2 aliphatic rings. The lowest BCUT2D eigenvalue weighted by atomic mass is 9.94. The number of nitrogens with one attached hydrogen (secondary N) is 2. The maximum atomic E-state index is 12.8. The summed E-state index contributed by atoms with van der Waals surface area (Å²) in [5.74, 6) is -1.07. The monoisotopic (exact) mass is 401 g/mol. The summed E-state index contributed by atoms with van der Waals surface area (Å²) in [5, 5.41) is 5.39. The molecule has 0 radical (unpaired) electrons. The van der Waals surface area contributed by atoms with Gasteiger partial charge in [0.25, 0.3) is 17.7 Å². The summed E-state index contributed by atoms with van der Waals surface area (Å²) in [6, 6.07) is 4.56. The van der Waals surface area contributed by atoms with Crippen molar-refractivity contribution in [2.45, 2.75) is 44.6 Å². The molecular weight excluding hydrogens is 374 g/mol. The number of fused-ring (bicyclic) bond motifs is 1. The van der Waals surface area contributed by atoms with Crippen LogP contribution in [-0.2, 0) is 9.53 Å². The van der Waals surface area contributed by atoms with Gasteiger partial charge in [-0.1, -0.05) is 19.3 Å². The van der Waals surface area contributed by atoms with Crippen molar-refractivity contribution in [2.24, 2.45) is 0 Å². The van der Waals surface area contributed by atoms with E-state index in [1.807, 2.05) is 0 Å². The fraction of sp³-hybridized carbons (Fsp3) is 0.524. The van der Waals surface area contributed by atoms with Gasteiger partial charge in [0.1, 0.15) is 0 Å². The zero-order valence-electron chi connectivity index (χ0n) is 16.7. The Hall–Kier alpha value is -2.74. The molecule has 0 spiro atoms. The Morgan fingerprint density at radius 3 is 2.45 bits per heavy atom. The molecule has 0 saturated heterocycles. The third kappa shape index (κ3) is 4.82. The van der Waals surface area contributed by atoms with Crippen LogP contribution in [0.3, 0.4) is 0 Å². The fourth-order valence-electron chi connectivity index (χ4n) is 3.83. The van der Waals surface area contributed by atoms with Crippen molar-refractivity contribution < 1.29 is 23.9 Å². The zero-order valence-corrected chi connectivity index (χ0v) is 16.7. The normalized spacial score (nSPS) is 16.7. The molecular formula is C21H27N3O5. The molecule has 0 bridgehead atoms. The molecule has 1 fully saturated rings. The van der Waals surface area contributed by atoms with E-state index in [0.29, 0.717) is 29.8 Å². The van der Waals surface area contributed by atoms with Gasteiger partial charge in [-0.25, -0.2) is 0 Å². The molecule has 156 valence electrons. The van der Waals surface area contributed by atoms with E-state index < -0.39 is 0 Å². The highest BCUT2D eigenvalue weighted by Gasteiger charge is 2.40. The number of hydrogen-bond acceptors (Lipinski definition) is 5. The molecule has 0 atom stereocenters. The second-order valence-corrected chi connectivity index (χ2v) is 7.38. The van der Waals surface area contributed by atoms with Gasteiger partial charge in [0.05, 0.1) is 17.7 Å². The molecule has 0 aromatic heterocycles. The summed E-state index contributed by atoms with van der Waals surface area (Å²) < 4.78 is 4.83. The van der Waals surface area contributed by atoms with Gasteiger partial charge in [0, 0.05) is 38.2 Å². The van der Waals surface area contributed by atoms with E-state index in [9.17, 15) is 19.2 Å². The van der Waals surface area contributed by atoms with Crippen LogP contribution in [0.15, 0.2) is 18.2 Å². The molecule has 29 heavy (non-hydrogen) atoms. The third-order valence-corrected chi connectivity index (χ3v) is 5.39. The third-order valence-electron chi connectivity index (χ3n) is 5.39. The van der Waals surface area contributed by atoms with Crippen LogP contribution < -0.4 is 10.6 Å². The molecule has 1 aliphatic heterocycles. The number of carbonyl (C=O) groups is 4. The van der Waals surface area contributed by atoms with Crippen LogP contribution in [0.5, 0.6) is 0 Å². The first-order valence-electron chi connectivity index (χ1n) is 10.1. The molecule has 2 N–H and O–H groups in total. The number of rotatable bonds is 8. The average Bonchev–Trinajstić information content (AvgIpc) is 2.99. The highest BCUT2D eigenvalue weighted by atomic mass is 16.5. The van der Waals surface area contributed by atoms with Gasteiger partial charge in [0.2, 0.25) is 5.91 Å². The lowest BCUT2D eigenvalue weighted by Crippen LogP contribution is -2.40. The van der Waals surface area contributed by atoms with Crippen molar-refractivity contribution in [3.63, 3.8) is 0 Å². The number of ether oxygens (including phenoxy) is 1. The molecule has 8 nitrogen and oxygen atoms in total. The molecule has 1 aromatic rings. The molecule has 1 aromatic carbocycles. The summed E-state index contributed by atoms with van der Waals surface area (Å²) in [4.78, 5) is 50.8. The van der Waals surface area contributed by atoms with Crippen LogP contribution in [-0.4, -0.2) is 61.4 Å². The Morgan fingerprint density at radius 2 is 1.72 bits per heavy atom. The number of methoxy groups -OCH3 is 1. The number of benzene rings is 1. The quantitative estimate of drug-likeness (QED) is 0.507. The predicted octanol–water partition coefficient (Wildman–Crippen LogP) is 1.50. The zero-order chi connectivity index (χ0) is 20.8. The van der Waals surface area contributed by atoms with Gasteiger partial charge >= 0.3 is 0 Å². The van der Waals surface area contributed by atoms with Gasteiger partial charge in [0.15, 0.2) is 0 Å². The number of amides is 4. The van der Waals surface area contributed by atoms with Crippen molar-refractivity contribution in [3.05, 3.63) is 34.9 Å². The van der Waals surface area contributed by atoms with Crippen molar-refractivity contribution in [2.75, 3.05) is 26.8 Å². The van der Waals surface area contributed by atoms with E-state index in [-0.39, 0.29) is 42.6 Å². The minimum atomic E-state index is -0.352. The van der Waals surface area contributed by atoms with Crippen molar-refractivity contribution >= 4 is 23.6 Å². The maximum Gasteiger partial charge on any atom is 0.261 e. The number of carbonyl (C=O) groups excluding carboxylic acids is 4. The van der Waals surface area contributed by atoms with Crippen LogP contribution in [0.1, 0.15) is 69.6 Å². The summed E-state index contributed by atoms with van der Waals surface area (Å²) in [7, 11) is 1.52. The van der Waals surface area contributed by atoms with Crippen molar-refractivity contribution in [1.82, 2.24) is 15.5 Å². The highest BCUT2D eigenvalue weighted by molar-refractivity contribution is 6.22. The molecule has 0 unspecified atom stereocenters. The van der Waals surface area contributed by atoms with E-state index in [2.05, 4.69) is 10.6 Å². The first-order chi connectivity index (χ1) is 14.0. The smallest absolute Gasteiger partial charge is 0.261 e. The predicted molar refractivity (Wildman–Crippen MR) is 106 cm³/mol. The second-order valence-electron chi connectivity index (χ2n) is 7.38.